The Morgan fingerprint density at radius 2 is 1.52 bits per heavy atom. The summed E-state index contributed by atoms with van der Waals surface area (Å²) in [6.07, 6.45) is -1.72. The first-order chi connectivity index (χ1) is 15.2. The molecule has 2 aromatic rings. The van der Waals surface area contributed by atoms with E-state index < -0.39 is 72.9 Å². The Bertz CT molecular complexity index is 1220. The minimum Gasteiger partial charge on any atom is -0.246 e. The van der Waals surface area contributed by atoms with E-state index in [1.165, 1.54) is 16.9 Å². The van der Waals surface area contributed by atoms with Crippen LogP contribution in [0, 0.1) is 11.6 Å². The van der Waals surface area contributed by atoms with Gasteiger partial charge in [-0.05, 0) is 61.6 Å². The van der Waals surface area contributed by atoms with E-state index in [1.54, 1.807) is 0 Å². The van der Waals surface area contributed by atoms with Gasteiger partial charge in [0.25, 0.3) is 0 Å². The van der Waals surface area contributed by atoms with Crippen molar-refractivity contribution in [3.63, 3.8) is 0 Å². The van der Waals surface area contributed by atoms with Gasteiger partial charge in [-0.25, -0.2) is 34.7 Å². The Labute approximate surface area is 186 Å². The summed E-state index contributed by atoms with van der Waals surface area (Å²) in [5.74, 6) is -1.96. The second kappa shape index (κ2) is 8.91. The molecule has 5 nitrogen and oxygen atoms in total. The molecule has 1 N–H and O–H groups in total. The standard InChI is InChI=1S/C20H19F6NO4S2/c21-12-13-1-4-16(5-2-13)32(28,29)19(17-11-14(22)3-6-18(17)23)9-7-15(8-10-19)27-33(30,31)20(24,25)26/h1-6,11,15,27H,7-10,12H2/t15-,19+. The zero-order valence-electron chi connectivity index (χ0n) is 16.9. The molecule has 0 saturated heterocycles. The highest BCUT2D eigenvalue weighted by atomic mass is 32.2. The average Bonchev–Trinajstić information content (AvgIpc) is 2.75. The SMILES string of the molecule is O=S(=O)(N[C@H]1CC[C@@](c2cc(F)ccc2F)(S(=O)(=O)c2ccc(CF)cc2)CC1)C(F)(F)F. The lowest BCUT2D eigenvalue weighted by Crippen LogP contribution is -2.48. The third-order valence-corrected chi connectivity index (χ3v) is 9.54. The van der Waals surface area contributed by atoms with E-state index >= 15 is 0 Å². The molecule has 0 bridgehead atoms. The van der Waals surface area contributed by atoms with Crippen molar-refractivity contribution in [1.29, 1.82) is 0 Å². The Morgan fingerprint density at radius 1 is 0.939 bits per heavy atom. The van der Waals surface area contributed by atoms with Crippen LogP contribution >= 0.6 is 0 Å². The molecule has 0 atom stereocenters. The van der Waals surface area contributed by atoms with Crippen LogP contribution in [-0.2, 0) is 31.3 Å². The van der Waals surface area contributed by atoms with Crippen LogP contribution in [0.4, 0.5) is 26.3 Å². The first-order valence-corrected chi connectivity index (χ1v) is 12.6. The number of hydrogen-bond acceptors (Lipinski definition) is 4. The van der Waals surface area contributed by atoms with Crippen LogP contribution in [0.1, 0.15) is 36.8 Å². The summed E-state index contributed by atoms with van der Waals surface area (Å²) in [5.41, 5.74) is -5.88. The van der Waals surface area contributed by atoms with Crippen molar-refractivity contribution in [2.24, 2.45) is 0 Å². The van der Waals surface area contributed by atoms with E-state index in [1.807, 2.05) is 0 Å². The molecule has 182 valence electrons. The van der Waals surface area contributed by atoms with Gasteiger partial charge in [-0.1, -0.05) is 12.1 Å². The van der Waals surface area contributed by atoms with E-state index in [2.05, 4.69) is 0 Å². The van der Waals surface area contributed by atoms with Crippen LogP contribution in [0.3, 0.4) is 0 Å². The highest BCUT2D eigenvalue weighted by Gasteiger charge is 2.52. The average molecular weight is 515 g/mol. The molecule has 1 fully saturated rings. The zero-order chi connectivity index (χ0) is 24.7. The minimum absolute atomic E-state index is 0.185. The highest BCUT2D eigenvalue weighted by Crippen LogP contribution is 2.48. The van der Waals surface area contributed by atoms with Gasteiger partial charge in [-0.3, -0.25) is 0 Å². The first kappa shape index (κ1) is 25.5. The lowest BCUT2D eigenvalue weighted by molar-refractivity contribution is -0.0452. The van der Waals surface area contributed by atoms with Gasteiger partial charge in [0.1, 0.15) is 23.1 Å². The fraction of sp³-hybridized carbons (Fsp3) is 0.400. The van der Waals surface area contributed by atoms with Gasteiger partial charge in [0.05, 0.1) is 4.90 Å². The fourth-order valence-electron chi connectivity index (χ4n) is 4.00. The summed E-state index contributed by atoms with van der Waals surface area (Å²) in [6, 6.07) is 5.64. The number of nitrogens with one attached hydrogen (secondary N) is 1. The van der Waals surface area contributed by atoms with Crippen LogP contribution < -0.4 is 4.72 Å². The smallest absolute Gasteiger partial charge is 0.246 e. The van der Waals surface area contributed by atoms with Crippen molar-refractivity contribution in [3.05, 3.63) is 65.2 Å². The molecule has 0 aliphatic heterocycles. The van der Waals surface area contributed by atoms with E-state index in [0.29, 0.717) is 6.07 Å². The van der Waals surface area contributed by atoms with Crippen molar-refractivity contribution in [2.75, 3.05) is 0 Å². The highest BCUT2D eigenvalue weighted by molar-refractivity contribution is 7.92. The number of rotatable bonds is 6. The maximum atomic E-state index is 14.7. The second-order valence-electron chi connectivity index (χ2n) is 7.74. The van der Waals surface area contributed by atoms with Crippen LogP contribution in [-0.4, -0.2) is 28.4 Å². The third-order valence-electron chi connectivity index (χ3n) is 5.74. The summed E-state index contributed by atoms with van der Waals surface area (Å²) in [5, 5.41) is 0. The Balaban J connectivity index is 2.05. The molecule has 33 heavy (non-hydrogen) atoms. The minimum atomic E-state index is -5.68. The number of alkyl halides is 4. The number of sulfonamides is 1. The predicted molar refractivity (Wildman–Crippen MR) is 107 cm³/mol. The predicted octanol–water partition coefficient (Wildman–Crippen LogP) is 4.49. The lowest BCUT2D eigenvalue weighted by Gasteiger charge is -2.40. The van der Waals surface area contributed by atoms with Gasteiger partial charge in [0.15, 0.2) is 9.84 Å². The molecular formula is C20H19F6NO4S2. The summed E-state index contributed by atoms with van der Waals surface area (Å²) >= 11 is 0. The molecule has 0 radical (unpaired) electrons. The van der Waals surface area contributed by atoms with Crippen LogP contribution in [0.5, 0.6) is 0 Å². The number of sulfone groups is 1. The van der Waals surface area contributed by atoms with Crippen LogP contribution in [0.2, 0.25) is 0 Å². The summed E-state index contributed by atoms with van der Waals surface area (Å²) < 4.78 is 129. The van der Waals surface area contributed by atoms with Crippen molar-refractivity contribution < 1.29 is 43.2 Å². The van der Waals surface area contributed by atoms with Gasteiger partial charge >= 0.3 is 15.5 Å². The normalized spacial score (nSPS) is 22.3. The topological polar surface area (TPSA) is 80.3 Å². The second-order valence-corrected chi connectivity index (χ2v) is 11.7. The lowest BCUT2D eigenvalue weighted by atomic mass is 9.80. The van der Waals surface area contributed by atoms with Gasteiger partial charge in [-0.15, -0.1) is 0 Å². The molecule has 1 aliphatic rings. The fourth-order valence-corrected chi connectivity index (χ4v) is 6.97. The molecule has 1 saturated carbocycles. The zero-order valence-corrected chi connectivity index (χ0v) is 18.5. The molecule has 13 heteroatoms. The Hall–Kier alpha value is -2.12. The quantitative estimate of drug-likeness (QED) is 0.576. The number of hydrogen-bond donors (Lipinski definition) is 1. The summed E-state index contributed by atoms with van der Waals surface area (Å²) in [4.78, 5) is -0.308. The molecule has 3 rings (SSSR count). The van der Waals surface area contributed by atoms with Crippen molar-refractivity contribution >= 4 is 19.9 Å². The Morgan fingerprint density at radius 3 is 2.03 bits per heavy atom. The summed E-state index contributed by atoms with van der Waals surface area (Å²) in [6.45, 7) is -0.856. The van der Waals surface area contributed by atoms with Gasteiger partial charge in [-0.2, -0.15) is 13.2 Å². The summed E-state index contributed by atoms with van der Waals surface area (Å²) in [7, 11) is -10.1. The third kappa shape index (κ3) is 4.76. The molecule has 0 aromatic heterocycles. The largest absolute Gasteiger partial charge is 0.511 e. The molecule has 1 aliphatic carbocycles. The number of benzene rings is 2. The van der Waals surface area contributed by atoms with E-state index in [-0.39, 0.29) is 23.3 Å². The molecule has 0 unspecified atom stereocenters. The first-order valence-electron chi connectivity index (χ1n) is 9.67. The number of halogens is 6. The van der Waals surface area contributed by atoms with Gasteiger partial charge in [0.2, 0.25) is 0 Å². The van der Waals surface area contributed by atoms with Gasteiger partial charge in [0, 0.05) is 11.6 Å². The van der Waals surface area contributed by atoms with Gasteiger partial charge < -0.3 is 0 Å². The molecule has 2 aromatic carbocycles. The van der Waals surface area contributed by atoms with Crippen LogP contribution in [0.25, 0.3) is 0 Å². The van der Waals surface area contributed by atoms with E-state index in [4.69, 9.17) is 0 Å². The molecular weight excluding hydrogens is 496 g/mol. The van der Waals surface area contributed by atoms with Crippen LogP contribution in [0.15, 0.2) is 47.4 Å². The van der Waals surface area contributed by atoms with E-state index in [9.17, 15) is 43.2 Å². The van der Waals surface area contributed by atoms with Crippen molar-refractivity contribution in [1.82, 2.24) is 4.72 Å². The molecule has 0 heterocycles. The monoisotopic (exact) mass is 515 g/mol. The molecule has 0 amide bonds. The van der Waals surface area contributed by atoms with Crippen molar-refractivity contribution in [2.45, 2.75) is 53.6 Å². The molecule has 0 spiro atoms. The Kier molecular flexibility index (Phi) is 6.89. The maximum Gasteiger partial charge on any atom is 0.511 e. The van der Waals surface area contributed by atoms with E-state index in [0.717, 1.165) is 24.3 Å². The maximum absolute atomic E-state index is 14.7. The van der Waals surface area contributed by atoms with Crippen molar-refractivity contribution in [3.8, 4) is 0 Å².